The maximum Gasteiger partial charge on any atom is 0.408 e. The van der Waals surface area contributed by atoms with E-state index in [0.717, 1.165) is 43.2 Å². The number of ether oxygens (including phenoxy) is 1. The smallest absolute Gasteiger partial charge is 0.408 e. The molecule has 3 amide bonds. The molecule has 0 bridgehead atoms. The first-order chi connectivity index (χ1) is 19.7. The first kappa shape index (κ1) is 34.7. The molecule has 0 spiro atoms. The maximum atomic E-state index is 14.4. The predicted molar refractivity (Wildman–Crippen MR) is 168 cm³/mol. The van der Waals surface area contributed by atoms with E-state index in [1.165, 1.54) is 12.1 Å². The summed E-state index contributed by atoms with van der Waals surface area (Å²) in [5.41, 5.74) is 2.24. The lowest BCUT2D eigenvalue weighted by Crippen LogP contribution is -2.54. The molecule has 0 saturated carbocycles. The number of para-hydroxylation sites is 1. The summed E-state index contributed by atoms with van der Waals surface area (Å²) in [5, 5.41) is 16.2. The fourth-order valence-electron chi connectivity index (χ4n) is 4.93. The number of benzene rings is 2. The van der Waals surface area contributed by atoms with Gasteiger partial charge in [0.2, 0.25) is 5.91 Å². The summed E-state index contributed by atoms with van der Waals surface area (Å²) in [6.07, 6.45) is 5.34. The molecule has 0 aliphatic rings. The molecule has 8 nitrogen and oxygen atoms in total. The van der Waals surface area contributed by atoms with Gasteiger partial charge in [-0.3, -0.25) is 9.59 Å². The summed E-state index contributed by atoms with van der Waals surface area (Å²) < 4.78 is 5.46. The lowest BCUT2D eigenvalue weighted by atomic mass is 9.97. The van der Waals surface area contributed by atoms with Gasteiger partial charge in [-0.1, -0.05) is 83.2 Å². The molecule has 0 saturated heterocycles. The van der Waals surface area contributed by atoms with Crippen molar-refractivity contribution in [1.29, 1.82) is 0 Å². The second-order valence-electron chi connectivity index (χ2n) is 12.4. The first-order valence-corrected chi connectivity index (χ1v) is 15.2. The number of alkyl carbamates (subject to hydrolysis) is 1. The van der Waals surface area contributed by atoms with Gasteiger partial charge in [-0.2, -0.15) is 0 Å². The fourth-order valence-corrected chi connectivity index (χ4v) is 4.93. The molecular formula is C34H51N3O5. The highest BCUT2D eigenvalue weighted by atomic mass is 16.6. The van der Waals surface area contributed by atoms with Gasteiger partial charge in [-0.25, -0.2) is 4.79 Å². The SMILES string of the molecule is CCCCCCCCN(C(=O)C(NC(=O)OC(C)(C)C)C(C)C)C(C(=O)Nc1c(C)cccc1C)c1cccc(O)c1. The van der Waals surface area contributed by atoms with Gasteiger partial charge < -0.3 is 25.4 Å². The molecule has 0 radical (unpaired) electrons. The van der Waals surface area contributed by atoms with Crippen molar-refractivity contribution in [3.63, 3.8) is 0 Å². The number of phenols is 1. The van der Waals surface area contributed by atoms with Crippen LogP contribution in [0.3, 0.4) is 0 Å². The molecule has 2 unspecified atom stereocenters. The van der Waals surface area contributed by atoms with E-state index in [2.05, 4.69) is 17.6 Å². The van der Waals surface area contributed by atoms with E-state index in [4.69, 9.17) is 4.74 Å². The zero-order valence-corrected chi connectivity index (χ0v) is 26.8. The highest BCUT2D eigenvalue weighted by Gasteiger charge is 2.37. The van der Waals surface area contributed by atoms with Crippen LogP contribution in [0.15, 0.2) is 42.5 Å². The zero-order valence-electron chi connectivity index (χ0n) is 26.8. The average molecular weight is 582 g/mol. The van der Waals surface area contributed by atoms with Crippen molar-refractivity contribution >= 4 is 23.6 Å². The average Bonchev–Trinajstić information content (AvgIpc) is 2.89. The quantitative estimate of drug-likeness (QED) is 0.201. The van der Waals surface area contributed by atoms with Crippen molar-refractivity contribution in [1.82, 2.24) is 10.2 Å². The molecule has 2 rings (SSSR count). The molecule has 42 heavy (non-hydrogen) atoms. The summed E-state index contributed by atoms with van der Waals surface area (Å²) in [5.74, 6) is -1.05. The van der Waals surface area contributed by atoms with Gasteiger partial charge in [0.25, 0.3) is 5.91 Å². The van der Waals surface area contributed by atoms with Crippen LogP contribution >= 0.6 is 0 Å². The number of carbonyl (C=O) groups excluding carboxylic acids is 3. The Morgan fingerprint density at radius 2 is 1.52 bits per heavy atom. The van der Waals surface area contributed by atoms with Crippen LogP contribution < -0.4 is 10.6 Å². The third kappa shape index (κ3) is 10.7. The van der Waals surface area contributed by atoms with Crippen LogP contribution in [0.25, 0.3) is 0 Å². The number of nitrogens with zero attached hydrogens (tertiary/aromatic N) is 1. The number of aromatic hydroxyl groups is 1. The number of phenolic OH excluding ortho intramolecular Hbond substituents is 1. The number of anilines is 1. The van der Waals surface area contributed by atoms with Crippen LogP contribution in [0, 0.1) is 19.8 Å². The van der Waals surface area contributed by atoms with Gasteiger partial charge >= 0.3 is 6.09 Å². The maximum absolute atomic E-state index is 14.4. The Balaban J connectivity index is 2.54. The lowest BCUT2D eigenvalue weighted by molar-refractivity contribution is -0.141. The number of hydrogen-bond donors (Lipinski definition) is 3. The van der Waals surface area contributed by atoms with Gasteiger partial charge in [0, 0.05) is 12.2 Å². The molecule has 0 heterocycles. The Labute approximate surface area is 252 Å². The van der Waals surface area contributed by atoms with E-state index in [-0.39, 0.29) is 17.6 Å². The largest absolute Gasteiger partial charge is 0.508 e. The molecule has 0 aliphatic heterocycles. The van der Waals surface area contributed by atoms with Crippen LogP contribution in [0.5, 0.6) is 5.75 Å². The molecule has 3 N–H and O–H groups in total. The van der Waals surface area contributed by atoms with Crippen molar-refractivity contribution in [2.45, 2.75) is 112 Å². The summed E-state index contributed by atoms with van der Waals surface area (Å²) >= 11 is 0. The Hall–Kier alpha value is -3.55. The predicted octanol–water partition coefficient (Wildman–Crippen LogP) is 7.43. The number of carbonyl (C=O) groups is 3. The Kier molecular flexibility index (Phi) is 13.4. The zero-order chi connectivity index (χ0) is 31.4. The van der Waals surface area contributed by atoms with E-state index >= 15 is 0 Å². The molecule has 0 fully saturated rings. The second kappa shape index (κ2) is 16.2. The van der Waals surface area contributed by atoms with Gasteiger partial charge in [0.05, 0.1) is 0 Å². The number of rotatable bonds is 14. The Bertz CT molecular complexity index is 1170. The van der Waals surface area contributed by atoms with Crippen LogP contribution in [-0.4, -0.2) is 46.1 Å². The normalized spacial score (nSPS) is 12.9. The van der Waals surface area contributed by atoms with Crippen LogP contribution in [0.1, 0.15) is 103 Å². The second-order valence-corrected chi connectivity index (χ2v) is 12.4. The van der Waals surface area contributed by atoms with E-state index in [1.54, 1.807) is 37.8 Å². The molecule has 2 atom stereocenters. The molecule has 2 aromatic rings. The van der Waals surface area contributed by atoms with Crippen molar-refractivity contribution in [3.8, 4) is 5.75 Å². The molecule has 0 aromatic heterocycles. The number of amides is 3. The van der Waals surface area contributed by atoms with Crippen LogP contribution in [-0.2, 0) is 14.3 Å². The van der Waals surface area contributed by atoms with E-state index in [9.17, 15) is 19.5 Å². The minimum atomic E-state index is -1.04. The van der Waals surface area contributed by atoms with Gasteiger partial charge in [-0.15, -0.1) is 0 Å². The van der Waals surface area contributed by atoms with E-state index in [0.29, 0.717) is 24.2 Å². The number of hydrogen-bond acceptors (Lipinski definition) is 5. The highest BCUT2D eigenvalue weighted by Crippen LogP contribution is 2.30. The van der Waals surface area contributed by atoms with Crippen molar-refractivity contribution in [3.05, 3.63) is 59.2 Å². The van der Waals surface area contributed by atoms with Crippen molar-refractivity contribution in [2.75, 3.05) is 11.9 Å². The molecular weight excluding hydrogens is 530 g/mol. The van der Waals surface area contributed by atoms with Crippen molar-refractivity contribution < 1.29 is 24.2 Å². The molecule has 232 valence electrons. The minimum absolute atomic E-state index is 0.00312. The van der Waals surface area contributed by atoms with Gasteiger partial charge in [0.1, 0.15) is 23.4 Å². The standard InChI is InChI=1S/C34H51N3O5/c1-9-10-11-12-13-14-21-37(32(40)28(23(2)3)36-33(41)42-34(6,7)8)30(26-19-16-20-27(38)22-26)31(39)35-29-24(4)17-15-18-25(29)5/h15-20,22-23,28,30,38H,9-14,21H2,1-8H3,(H,35,39)(H,36,41). The van der Waals surface area contributed by atoms with Crippen molar-refractivity contribution in [2.24, 2.45) is 5.92 Å². The van der Waals surface area contributed by atoms with E-state index in [1.807, 2.05) is 45.9 Å². The molecule has 8 heteroatoms. The molecule has 0 aliphatic carbocycles. The third-order valence-corrected chi connectivity index (χ3v) is 7.12. The summed E-state index contributed by atoms with van der Waals surface area (Å²) in [6, 6.07) is 10.3. The number of aryl methyl sites for hydroxylation is 2. The van der Waals surface area contributed by atoms with E-state index < -0.39 is 29.7 Å². The lowest BCUT2D eigenvalue weighted by Gasteiger charge is -2.36. The van der Waals surface area contributed by atoms with Crippen LogP contribution in [0.4, 0.5) is 10.5 Å². The monoisotopic (exact) mass is 581 g/mol. The van der Waals surface area contributed by atoms with Gasteiger partial charge in [-0.05, 0) is 75.8 Å². The topological polar surface area (TPSA) is 108 Å². The number of nitrogens with one attached hydrogen (secondary N) is 2. The fraction of sp³-hybridized carbons (Fsp3) is 0.559. The third-order valence-electron chi connectivity index (χ3n) is 7.12. The Morgan fingerprint density at radius 3 is 2.10 bits per heavy atom. The van der Waals surface area contributed by atoms with Gasteiger partial charge in [0.15, 0.2) is 0 Å². The first-order valence-electron chi connectivity index (χ1n) is 15.2. The van der Waals surface area contributed by atoms with Crippen LogP contribution in [0.2, 0.25) is 0 Å². The minimum Gasteiger partial charge on any atom is -0.508 e. The highest BCUT2D eigenvalue weighted by molar-refractivity contribution is 6.00. The summed E-state index contributed by atoms with van der Waals surface area (Å²) in [4.78, 5) is 42.8. The summed E-state index contributed by atoms with van der Waals surface area (Å²) in [7, 11) is 0. The summed E-state index contributed by atoms with van der Waals surface area (Å²) in [6.45, 7) is 15.3. The molecule has 2 aromatic carbocycles. The Morgan fingerprint density at radius 1 is 0.929 bits per heavy atom. The number of unbranched alkanes of at least 4 members (excludes halogenated alkanes) is 5.